The molecule has 0 aromatic rings. The molecule has 1 nitrogen and oxygen atoms in total. The van der Waals surface area contributed by atoms with E-state index in [1.807, 2.05) is 0 Å². The third-order valence-corrected chi connectivity index (χ3v) is 2.68. The van der Waals surface area contributed by atoms with Crippen molar-refractivity contribution < 1.29 is 0 Å². The van der Waals surface area contributed by atoms with Gasteiger partial charge in [-0.2, -0.15) is 0 Å². The zero-order valence-corrected chi connectivity index (χ0v) is 11.1. The van der Waals surface area contributed by atoms with Crippen molar-refractivity contribution in [2.24, 2.45) is 0 Å². The summed E-state index contributed by atoms with van der Waals surface area (Å²) < 4.78 is 0. The highest BCUT2D eigenvalue weighted by molar-refractivity contribution is 5.03. The Morgan fingerprint density at radius 1 is 1.00 bits per heavy atom. The van der Waals surface area contributed by atoms with Gasteiger partial charge in [0.05, 0.1) is 0 Å². The van der Waals surface area contributed by atoms with Crippen LogP contribution in [0.4, 0.5) is 0 Å². The number of hydrogen-bond acceptors (Lipinski definition) is 1. The van der Waals surface area contributed by atoms with Gasteiger partial charge in [0.1, 0.15) is 0 Å². The van der Waals surface area contributed by atoms with Gasteiger partial charge in [0, 0.05) is 6.54 Å². The monoisotopic (exact) mass is 209 g/mol. The molecule has 0 saturated heterocycles. The molecular formula is C14H27N. The Morgan fingerprint density at radius 3 is 2.07 bits per heavy atom. The van der Waals surface area contributed by atoms with Crippen LogP contribution in [0.1, 0.15) is 47.5 Å². The van der Waals surface area contributed by atoms with Crippen LogP contribution in [0.2, 0.25) is 0 Å². The van der Waals surface area contributed by atoms with Gasteiger partial charge in [0.15, 0.2) is 0 Å². The molecule has 15 heavy (non-hydrogen) atoms. The van der Waals surface area contributed by atoms with Gasteiger partial charge in [-0.05, 0) is 46.7 Å². The fraction of sp³-hybridized carbons (Fsp3) is 0.714. The molecule has 88 valence electrons. The largest absolute Gasteiger partial charge is 0.300 e. The number of likely N-dealkylation sites (N-methyl/N-ethyl adjacent to an activating group) is 1. The molecular weight excluding hydrogens is 182 g/mol. The topological polar surface area (TPSA) is 3.24 Å². The number of allylic oxidation sites excluding steroid dienone is 3. The molecule has 0 spiro atoms. The van der Waals surface area contributed by atoms with Crippen molar-refractivity contribution in [2.45, 2.75) is 47.5 Å². The molecule has 0 aliphatic rings. The second kappa shape index (κ2) is 8.72. The minimum atomic E-state index is 1.10. The van der Waals surface area contributed by atoms with Crippen LogP contribution in [0.3, 0.4) is 0 Å². The van der Waals surface area contributed by atoms with Crippen LogP contribution in [0, 0.1) is 0 Å². The van der Waals surface area contributed by atoms with Crippen molar-refractivity contribution in [3.8, 4) is 0 Å². The van der Waals surface area contributed by atoms with Crippen molar-refractivity contribution in [3.63, 3.8) is 0 Å². The fourth-order valence-electron chi connectivity index (χ4n) is 1.46. The Hall–Kier alpha value is -0.560. The van der Waals surface area contributed by atoms with E-state index in [9.17, 15) is 0 Å². The molecule has 0 saturated carbocycles. The summed E-state index contributed by atoms with van der Waals surface area (Å²) >= 11 is 0. The zero-order chi connectivity index (χ0) is 11.7. The van der Waals surface area contributed by atoms with Gasteiger partial charge in [0.2, 0.25) is 0 Å². The molecule has 0 N–H and O–H groups in total. The van der Waals surface area contributed by atoms with Gasteiger partial charge < -0.3 is 4.90 Å². The van der Waals surface area contributed by atoms with Gasteiger partial charge in [-0.25, -0.2) is 0 Å². The lowest BCUT2D eigenvalue weighted by molar-refractivity contribution is 0.336. The van der Waals surface area contributed by atoms with Crippen molar-refractivity contribution >= 4 is 0 Å². The molecule has 0 aromatic heterocycles. The molecule has 0 unspecified atom stereocenters. The molecule has 0 aliphatic carbocycles. The predicted octanol–water partition coefficient (Wildman–Crippen LogP) is 4.02. The molecule has 0 atom stereocenters. The lowest BCUT2D eigenvalue weighted by Gasteiger charge is -2.15. The van der Waals surface area contributed by atoms with Crippen LogP contribution >= 0.6 is 0 Å². The van der Waals surface area contributed by atoms with Gasteiger partial charge in [-0.3, -0.25) is 0 Å². The summed E-state index contributed by atoms with van der Waals surface area (Å²) in [6, 6.07) is 0. The molecule has 0 rings (SSSR count). The standard InChI is InChI=1S/C14H27N/c1-6-15(7-2)12-11-14(5)10-8-9-13(3)4/h9,11H,6-8,10,12H2,1-5H3/b14-11-. The summed E-state index contributed by atoms with van der Waals surface area (Å²) in [5.41, 5.74) is 2.94. The van der Waals surface area contributed by atoms with E-state index < -0.39 is 0 Å². The van der Waals surface area contributed by atoms with Crippen LogP contribution in [0.5, 0.6) is 0 Å². The smallest absolute Gasteiger partial charge is 0.0165 e. The third kappa shape index (κ3) is 8.44. The second-order valence-electron chi connectivity index (χ2n) is 4.36. The Morgan fingerprint density at radius 2 is 1.60 bits per heavy atom. The lowest BCUT2D eigenvalue weighted by atomic mass is 10.1. The minimum absolute atomic E-state index is 1.10. The molecule has 0 aliphatic heterocycles. The van der Waals surface area contributed by atoms with E-state index in [-0.39, 0.29) is 0 Å². The van der Waals surface area contributed by atoms with E-state index in [2.05, 4.69) is 51.7 Å². The van der Waals surface area contributed by atoms with E-state index in [1.54, 1.807) is 0 Å². The van der Waals surface area contributed by atoms with Crippen LogP contribution < -0.4 is 0 Å². The van der Waals surface area contributed by atoms with E-state index in [0.29, 0.717) is 0 Å². The van der Waals surface area contributed by atoms with Crippen molar-refractivity contribution in [1.29, 1.82) is 0 Å². The van der Waals surface area contributed by atoms with E-state index in [1.165, 1.54) is 24.0 Å². The highest BCUT2D eigenvalue weighted by atomic mass is 15.1. The van der Waals surface area contributed by atoms with Crippen molar-refractivity contribution in [3.05, 3.63) is 23.3 Å². The van der Waals surface area contributed by atoms with Crippen LogP contribution in [0.25, 0.3) is 0 Å². The lowest BCUT2D eigenvalue weighted by Crippen LogP contribution is -2.22. The number of rotatable bonds is 7. The highest BCUT2D eigenvalue weighted by Gasteiger charge is 1.95. The van der Waals surface area contributed by atoms with Gasteiger partial charge in [-0.15, -0.1) is 0 Å². The van der Waals surface area contributed by atoms with Crippen LogP contribution in [0.15, 0.2) is 23.3 Å². The van der Waals surface area contributed by atoms with Gasteiger partial charge >= 0.3 is 0 Å². The van der Waals surface area contributed by atoms with E-state index in [0.717, 1.165) is 19.6 Å². The van der Waals surface area contributed by atoms with Crippen molar-refractivity contribution in [1.82, 2.24) is 4.90 Å². The number of nitrogens with zero attached hydrogens (tertiary/aromatic N) is 1. The Kier molecular flexibility index (Phi) is 8.40. The minimum Gasteiger partial charge on any atom is -0.300 e. The number of hydrogen-bond donors (Lipinski definition) is 0. The molecule has 0 aromatic carbocycles. The summed E-state index contributed by atoms with van der Waals surface area (Å²) in [6.45, 7) is 14.4. The fourth-order valence-corrected chi connectivity index (χ4v) is 1.46. The Balaban J connectivity index is 3.83. The summed E-state index contributed by atoms with van der Waals surface area (Å²) in [5, 5.41) is 0. The zero-order valence-electron chi connectivity index (χ0n) is 11.1. The SMILES string of the molecule is CCN(CC)C/C=C(/C)CCC=C(C)C. The first-order valence-corrected chi connectivity index (χ1v) is 6.11. The normalized spacial score (nSPS) is 12.0. The summed E-state index contributed by atoms with van der Waals surface area (Å²) in [5.74, 6) is 0. The highest BCUT2D eigenvalue weighted by Crippen LogP contribution is 2.06. The quantitative estimate of drug-likeness (QED) is 0.572. The van der Waals surface area contributed by atoms with E-state index >= 15 is 0 Å². The van der Waals surface area contributed by atoms with E-state index in [4.69, 9.17) is 0 Å². The average molecular weight is 209 g/mol. The first-order chi connectivity index (χ1) is 7.10. The Bertz CT molecular complexity index is 205. The molecule has 0 bridgehead atoms. The first kappa shape index (κ1) is 14.4. The summed E-state index contributed by atoms with van der Waals surface area (Å²) in [7, 11) is 0. The summed E-state index contributed by atoms with van der Waals surface area (Å²) in [6.07, 6.45) is 7.07. The summed E-state index contributed by atoms with van der Waals surface area (Å²) in [4.78, 5) is 2.43. The molecule has 1 heteroatoms. The van der Waals surface area contributed by atoms with Gasteiger partial charge in [-0.1, -0.05) is 37.1 Å². The molecule has 0 heterocycles. The molecule has 0 radical (unpaired) electrons. The molecule has 0 fully saturated rings. The van der Waals surface area contributed by atoms with Crippen LogP contribution in [-0.4, -0.2) is 24.5 Å². The molecule has 0 amide bonds. The third-order valence-electron chi connectivity index (χ3n) is 2.68. The Labute approximate surface area is 95.9 Å². The maximum absolute atomic E-state index is 2.43. The predicted molar refractivity (Wildman–Crippen MR) is 70.2 cm³/mol. The first-order valence-electron chi connectivity index (χ1n) is 6.11. The van der Waals surface area contributed by atoms with Crippen molar-refractivity contribution in [2.75, 3.05) is 19.6 Å². The van der Waals surface area contributed by atoms with Crippen LogP contribution in [-0.2, 0) is 0 Å². The second-order valence-corrected chi connectivity index (χ2v) is 4.36. The van der Waals surface area contributed by atoms with Gasteiger partial charge in [0.25, 0.3) is 0 Å². The average Bonchev–Trinajstić information content (AvgIpc) is 2.18. The maximum Gasteiger partial charge on any atom is 0.0165 e. The maximum atomic E-state index is 2.43.